The number of rotatable bonds is 7. The zero-order chi connectivity index (χ0) is 18.4. The molecule has 4 nitrogen and oxygen atoms in total. The van der Waals surface area contributed by atoms with Gasteiger partial charge in [-0.2, -0.15) is 0 Å². The third-order valence-corrected chi connectivity index (χ3v) is 4.35. The Hall–Kier alpha value is -3.01. The van der Waals surface area contributed by atoms with Gasteiger partial charge < -0.3 is 15.0 Å². The van der Waals surface area contributed by atoms with Crippen molar-refractivity contribution in [3.05, 3.63) is 71.9 Å². The predicted octanol–water partition coefficient (Wildman–Crippen LogP) is 4.13. The van der Waals surface area contributed by atoms with Crippen molar-refractivity contribution in [1.82, 2.24) is 9.88 Å². The minimum Gasteiger partial charge on any atom is -0.508 e. The first-order valence-corrected chi connectivity index (χ1v) is 8.99. The van der Waals surface area contributed by atoms with E-state index in [0.29, 0.717) is 6.54 Å². The molecule has 0 bridgehead atoms. The number of carbonyl (C=O) groups excluding carboxylic acids is 1. The fourth-order valence-corrected chi connectivity index (χ4v) is 3.08. The fraction of sp³-hybridized carbons (Fsp3) is 0.227. The van der Waals surface area contributed by atoms with E-state index in [1.54, 1.807) is 30.3 Å². The van der Waals surface area contributed by atoms with Gasteiger partial charge in [0.15, 0.2) is 0 Å². The third kappa shape index (κ3) is 4.33. The molecular weight excluding hydrogens is 324 g/mol. The number of aryl methyl sites for hydroxylation is 1. The van der Waals surface area contributed by atoms with Crippen LogP contribution in [0.15, 0.2) is 60.8 Å². The summed E-state index contributed by atoms with van der Waals surface area (Å²) >= 11 is 0. The molecule has 2 aromatic carbocycles. The van der Waals surface area contributed by atoms with Crippen molar-refractivity contribution in [2.45, 2.75) is 26.3 Å². The van der Waals surface area contributed by atoms with E-state index in [1.807, 2.05) is 0 Å². The molecule has 0 aliphatic rings. The highest BCUT2D eigenvalue weighted by Crippen LogP contribution is 2.22. The van der Waals surface area contributed by atoms with Crippen molar-refractivity contribution < 1.29 is 9.90 Å². The lowest BCUT2D eigenvalue weighted by molar-refractivity contribution is -0.116. The van der Waals surface area contributed by atoms with Gasteiger partial charge in [0, 0.05) is 36.3 Å². The van der Waals surface area contributed by atoms with E-state index < -0.39 is 0 Å². The van der Waals surface area contributed by atoms with Crippen LogP contribution in [0.1, 0.15) is 24.5 Å². The minimum absolute atomic E-state index is 0.115. The summed E-state index contributed by atoms with van der Waals surface area (Å²) in [6, 6.07) is 15.1. The molecule has 3 aromatic rings. The molecule has 0 atom stereocenters. The molecule has 2 N–H and O–H groups in total. The number of hydrogen-bond acceptors (Lipinski definition) is 2. The number of phenolic OH excluding ortho intramolecular Hbond substituents is 1. The summed E-state index contributed by atoms with van der Waals surface area (Å²) in [5.74, 6) is 0.101. The highest BCUT2D eigenvalue weighted by molar-refractivity contribution is 5.91. The number of amides is 1. The quantitative estimate of drug-likeness (QED) is 0.631. The number of benzene rings is 2. The maximum absolute atomic E-state index is 12.0. The molecule has 3 rings (SSSR count). The monoisotopic (exact) mass is 348 g/mol. The molecule has 0 fully saturated rings. The van der Waals surface area contributed by atoms with Crippen molar-refractivity contribution in [1.29, 1.82) is 0 Å². The molecule has 1 amide bonds. The molecule has 0 aliphatic heterocycles. The van der Waals surface area contributed by atoms with E-state index in [4.69, 9.17) is 0 Å². The van der Waals surface area contributed by atoms with Crippen molar-refractivity contribution in [3.63, 3.8) is 0 Å². The number of nitrogens with zero attached hydrogens (tertiary/aromatic N) is 1. The highest BCUT2D eigenvalue weighted by Gasteiger charge is 2.07. The number of fused-ring (bicyclic) bond motifs is 1. The van der Waals surface area contributed by atoms with E-state index in [0.717, 1.165) is 24.9 Å². The first-order chi connectivity index (χ1) is 12.7. The predicted molar refractivity (Wildman–Crippen MR) is 106 cm³/mol. The molecular formula is C22H24N2O2. The number of nitrogens with one attached hydrogen (secondary N) is 1. The summed E-state index contributed by atoms with van der Waals surface area (Å²) in [7, 11) is 0. The van der Waals surface area contributed by atoms with Crippen molar-refractivity contribution in [3.8, 4) is 5.75 Å². The van der Waals surface area contributed by atoms with Crippen LogP contribution in [0.25, 0.3) is 17.0 Å². The summed E-state index contributed by atoms with van der Waals surface area (Å²) in [6.07, 6.45) is 7.36. The van der Waals surface area contributed by atoms with Gasteiger partial charge in [0.05, 0.1) is 0 Å². The van der Waals surface area contributed by atoms with Crippen LogP contribution >= 0.6 is 0 Å². The first kappa shape index (κ1) is 17.8. The maximum atomic E-state index is 12.0. The number of hydrogen-bond donors (Lipinski definition) is 2. The maximum Gasteiger partial charge on any atom is 0.244 e. The van der Waals surface area contributed by atoms with Gasteiger partial charge in [-0.1, -0.05) is 37.3 Å². The minimum atomic E-state index is -0.115. The van der Waals surface area contributed by atoms with Gasteiger partial charge in [-0.25, -0.2) is 0 Å². The van der Waals surface area contributed by atoms with E-state index in [2.05, 4.69) is 47.3 Å². The normalized spacial score (nSPS) is 11.3. The van der Waals surface area contributed by atoms with Crippen LogP contribution in [0, 0.1) is 0 Å². The molecule has 0 spiro atoms. The van der Waals surface area contributed by atoms with Crippen LogP contribution in [0.2, 0.25) is 0 Å². The lowest BCUT2D eigenvalue weighted by atomic mass is 10.1. The molecule has 4 heteroatoms. The molecule has 0 saturated carbocycles. The smallest absolute Gasteiger partial charge is 0.244 e. The molecule has 0 saturated heterocycles. The lowest BCUT2D eigenvalue weighted by Crippen LogP contribution is -2.23. The third-order valence-electron chi connectivity index (χ3n) is 4.35. The van der Waals surface area contributed by atoms with E-state index in [1.165, 1.54) is 22.5 Å². The average Bonchev–Trinajstić information content (AvgIpc) is 3.00. The zero-order valence-corrected chi connectivity index (χ0v) is 15.0. The van der Waals surface area contributed by atoms with Gasteiger partial charge in [-0.15, -0.1) is 0 Å². The van der Waals surface area contributed by atoms with Gasteiger partial charge in [0.25, 0.3) is 0 Å². The van der Waals surface area contributed by atoms with Gasteiger partial charge in [0.2, 0.25) is 5.91 Å². The Bertz CT molecular complexity index is 908. The van der Waals surface area contributed by atoms with Crippen LogP contribution in [-0.4, -0.2) is 22.1 Å². The number of aromatic nitrogens is 1. The highest BCUT2D eigenvalue weighted by atomic mass is 16.3. The largest absolute Gasteiger partial charge is 0.508 e. The number of aromatic hydroxyl groups is 1. The molecule has 26 heavy (non-hydrogen) atoms. The lowest BCUT2D eigenvalue weighted by Gasteiger charge is -2.02. The molecule has 0 aliphatic carbocycles. The topological polar surface area (TPSA) is 54.3 Å². The standard InChI is InChI=1S/C22H24N2O2/c1-2-15-24-16-18(20-5-3-4-6-21(20)24)13-14-23-22(26)12-9-17-7-10-19(25)11-8-17/h3-12,16,25H,2,13-15H2,1H3,(H,23,26)/b12-9+. The SMILES string of the molecule is CCCn1cc(CCNC(=O)/C=C/c2ccc(O)cc2)c2ccccc21. The zero-order valence-electron chi connectivity index (χ0n) is 15.0. The van der Waals surface area contributed by atoms with E-state index in [9.17, 15) is 9.90 Å². The molecule has 0 radical (unpaired) electrons. The Labute approximate surface area is 153 Å². The summed E-state index contributed by atoms with van der Waals surface area (Å²) < 4.78 is 2.29. The molecule has 1 heterocycles. The Morgan fingerprint density at radius 3 is 2.69 bits per heavy atom. The van der Waals surface area contributed by atoms with Crippen LogP contribution in [0.5, 0.6) is 5.75 Å². The Kier molecular flexibility index (Phi) is 5.74. The Balaban J connectivity index is 1.58. The molecule has 0 unspecified atom stereocenters. The number of phenols is 1. The van der Waals surface area contributed by atoms with Crippen molar-refractivity contribution in [2.24, 2.45) is 0 Å². The average molecular weight is 348 g/mol. The fourth-order valence-electron chi connectivity index (χ4n) is 3.08. The number of carbonyl (C=O) groups is 1. The second-order valence-corrected chi connectivity index (χ2v) is 6.33. The van der Waals surface area contributed by atoms with Crippen LogP contribution < -0.4 is 5.32 Å². The second-order valence-electron chi connectivity index (χ2n) is 6.33. The molecule has 1 aromatic heterocycles. The van der Waals surface area contributed by atoms with Crippen LogP contribution in [-0.2, 0) is 17.8 Å². The summed E-state index contributed by atoms with van der Waals surface area (Å²) in [5.41, 5.74) is 3.39. The summed E-state index contributed by atoms with van der Waals surface area (Å²) in [4.78, 5) is 12.0. The van der Waals surface area contributed by atoms with Gasteiger partial charge in [0.1, 0.15) is 5.75 Å². The van der Waals surface area contributed by atoms with Crippen molar-refractivity contribution in [2.75, 3.05) is 6.54 Å². The van der Waals surface area contributed by atoms with Gasteiger partial charge >= 0.3 is 0 Å². The summed E-state index contributed by atoms with van der Waals surface area (Å²) in [6.45, 7) is 3.77. The van der Waals surface area contributed by atoms with Crippen molar-refractivity contribution >= 4 is 22.9 Å². The first-order valence-electron chi connectivity index (χ1n) is 8.99. The van der Waals surface area contributed by atoms with Crippen LogP contribution in [0.4, 0.5) is 0 Å². The van der Waals surface area contributed by atoms with Crippen LogP contribution in [0.3, 0.4) is 0 Å². The molecule has 134 valence electrons. The van der Waals surface area contributed by atoms with E-state index >= 15 is 0 Å². The van der Waals surface area contributed by atoms with Gasteiger partial charge in [-0.3, -0.25) is 4.79 Å². The Morgan fingerprint density at radius 2 is 1.92 bits per heavy atom. The number of para-hydroxylation sites is 1. The Morgan fingerprint density at radius 1 is 1.15 bits per heavy atom. The second kappa shape index (κ2) is 8.39. The summed E-state index contributed by atoms with van der Waals surface area (Å²) in [5, 5.41) is 13.5. The van der Waals surface area contributed by atoms with E-state index in [-0.39, 0.29) is 11.7 Å². The van der Waals surface area contributed by atoms with Gasteiger partial charge in [-0.05, 0) is 48.2 Å².